The van der Waals surface area contributed by atoms with E-state index in [1.165, 1.54) is 18.9 Å². The zero-order valence-corrected chi connectivity index (χ0v) is 17.7. The van der Waals surface area contributed by atoms with Crippen LogP contribution in [0.4, 0.5) is 0 Å². The van der Waals surface area contributed by atoms with Crippen molar-refractivity contribution >= 4 is 23.6 Å². The van der Waals surface area contributed by atoms with Crippen LogP contribution in [0, 0.1) is 12.8 Å². The molecule has 0 spiro atoms. The topological polar surface area (TPSA) is 46.6 Å². The Bertz CT molecular complexity index is 835. The van der Waals surface area contributed by atoms with E-state index in [1.54, 1.807) is 0 Å². The predicted octanol–water partition coefficient (Wildman–Crippen LogP) is 4.63. The van der Waals surface area contributed by atoms with Crippen LogP contribution in [0.1, 0.15) is 37.4 Å². The number of ether oxygens (including phenoxy) is 1. The Kier molecular flexibility index (Phi) is 6.14. The van der Waals surface area contributed by atoms with Crippen molar-refractivity contribution in [2.75, 3.05) is 13.7 Å². The SMILES string of the molecule is COC(=O)[C@@]1(Sc2ccc(C)cc2)CC(=O)N(CC(C)C)[C@@H]1c1ccccc1. The van der Waals surface area contributed by atoms with Crippen molar-refractivity contribution in [1.29, 1.82) is 0 Å². The lowest BCUT2D eigenvalue weighted by Gasteiger charge is -2.36. The first-order chi connectivity index (χ1) is 13.4. The predicted molar refractivity (Wildman–Crippen MR) is 112 cm³/mol. The second kappa shape index (κ2) is 8.39. The number of methoxy groups -OCH3 is 1. The second-order valence-electron chi connectivity index (χ2n) is 7.73. The van der Waals surface area contributed by atoms with Gasteiger partial charge in [0.25, 0.3) is 0 Å². The van der Waals surface area contributed by atoms with Crippen LogP contribution in [0.3, 0.4) is 0 Å². The van der Waals surface area contributed by atoms with E-state index < -0.39 is 4.75 Å². The van der Waals surface area contributed by atoms with Crippen molar-refractivity contribution in [2.45, 2.75) is 42.9 Å². The molecule has 28 heavy (non-hydrogen) atoms. The van der Waals surface area contributed by atoms with Crippen molar-refractivity contribution < 1.29 is 14.3 Å². The summed E-state index contributed by atoms with van der Waals surface area (Å²) in [6, 6.07) is 17.5. The maximum atomic E-state index is 13.1. The van der Waals surface area contributed by atoms with Gasteiger partial charge in [-0.3, -0.25) is 9.59 Å². The molecule has 0 saturated carbocycles. The molecule has 1 aliphatic heterocycles. The summed E-state index contributed by atoms with van der Waals surface area (Å²) in [5.74, 6) is -0.0629. The summed E-state index contributed by atoms with van der Waals surface area (Å²) >= 11 is 1.44. The highest BCUT2D eigenvalue weighted by atomic mass is 32.2. The summed E-state index contributed by atoms with van der Waals surface area (Å²) in [5, 5.41) is 0. The molecule has 1 saturated heterocycles. The molecule has 1 heterocycles. The van der Waals surface area contributed by atoms with E-state index in [9.17, 15) is 9.59 Å². The Labute approximate surface area is 171 Å². The average molecular weight is 398 g/mol. The molecule has 2 atom stereocenters. The highest BCUT2D eigenvalue weighted by Gasteiger charge is 2.59. The van der Waals surface area contributed by atoms with Gasteiger partial charge in [-0.15, -0.1) is 11.8 Å². The quantitative estimate of drug-likeness (QED) is 0.667. The summed E-state index contributed by atoms with van der Waals surface area (Å²) in [6.07, 6.45) is 0.129. The molecular weight excluding hydrogens is 370 g/mol. The molecule has 2 aromatic carbocycles. The van der Waals surface area contributed by atoms with Gasteiger partial charge in [0.05, 0.1) is 19.6 Å². The van der Waals surface area contributed by atoms with Gasteiger partial charge in [0, 0.05) is 11.4 Å². The number of esters is 1. The number of carbonyl (C=O) groups is 2. The maximum Gasteiger partial charge on any atom is 0.325 e. The number of aryl methyl sites for hydroxylation is 1. The lowest BCUT2D eigenvalue weighted by molar-refractivity contribution is -0.144. The zero-order valence-electron chi connectivity index (χ0n) is 16.8. The van der Waals surface area contributed by atoms with E-state index in [1.807, 2.05) is 66.4 Å². The van der Waals surface area contributed by atoms with Crippen molar-refractivity contribution in [2.24, 2.45) is 5.92 Å². The largest absolute Gasteiger partial charge is 0.468 e. The number of nitrogens with zero attached hydrogens (tertiary/aromatic N) is 1. The summed E-state index contributed by atoms with van der Waals surface area (Å²) < 4.78 is 4.23. The fraction of sp³-hybridized carbons (Fsp3) is 0.391. The van der Waals surface area contributed by atoms with Crippen LogP contribution in [0.15, 0.2) is 59.5 Å². The molecule has 4 nitrogen and oxygen atoms in total. The van der Waals surface area contributed by atoms with Gasteiger partial charge in [-0.25, -0.2) is 0 Å². The smallest absolute Gasteiger partial charge is 0.325 e. The molecule has 1 fully saturated rings. The Hall–Kier alpha value is -2.27. The second-order valence-corrected chi connectivity index (χ2v) is 9.13. The lowest BCUT2D eigenvalue weighted by atomic mass is 9.92. The van der Waals surface area contributed by atoms with Gasteiger partial charge in [-0.05, 0) is 30.5 Å². The summed E-state index contributed by atoms with van der Waals surface area (Å²) in [4.78, 5) is 29.0. The number of rotatable bonds is 6. The minimum absolute atomic E-state index is 0.00688. The molecule has 2 aromatic rings. The van der Waals surface area contributed by atoms with Gasteiger partial charge in [0.15, 0.2) is 4.75 Å². The Balaban J connectivity index is 2.12. The average Bonchev–Trinajstić information content (AvgIpc) is 2.95. The highest BCUT2D eigenvalue weighted by Crippen LogP contribution is 2.53. The minimum atomic E-state index is -1.02. The minimum Gasteiger partial charge on any atom is -0.468 e. The van der Waals surface area contributed by atoms with Crippen LogP contribution in [-0.2, 0) is 14.3 Å². The van der Waals surface area contributed by atoms with Crippen LogP contribution in [0.25, 0.3) is 0 Å². The van der Waals surface area contributed by atoms with Gasteiger partial charge >= 0.3 is 5.97 Å². The van der Waals surface area contributed by atoms with Gasteiger partial charge in [-0.2, -0.15) is 0 Å². The van der Waals surface area contributed by atoms with Crippen LogP contribution in [-0.4, -0.2) is 35.2 Å². The molecule has 0 aliphatic carbocycles. The molecule has 0 N–H and O–H groups in total. The molecule has 0 aromatic heterocycles. The molecular formula is C23H27NO3S. The van der Waals surface area contributed by atoms with E-state index in [-0.39, 0.29) is 24.3 Å². The molecule has 0 radical (unpaired) electrons. The monoisotopic (exact) mass is 397 g/mol. The first-order valence-corrected chi connectivity index (χ1v) is 10.4. The third-order valence-electron chi connectivity index (χ3n) is 5.02. The third-order valence-corrected chi connectivity index (χ3v) is 6.42. The number of amides is 1. The van der Waals surface area contributed by atoms with Crippen LogP contribution in [0.5, 0.6) is 0 Å². The lowest BCUT2D eigenvalue weighted by Crippen LogP contribution is -2.43. The summed E-state index contributed by atoms with van der Waals surface area (Å²) in [5.41, 5.74) is 2.11. The number of hydrogen-bond acceptors (Lipinski definition) is 4. The third kappa shape index (κ3) is 3.95. The van der Waals surface area contributed by atoms with Gasteiger partial charge in [0.2, 0.25) is 5.91 Å². The van der Waals surface area contributed by atoms with E-state index in [2.05, 4.69) is 13.8 Å². The van der Waals surface area contributed by atoms with Gasteiger partial charge in [-0.1, -0.05) is 61.9 Å². The molecule has 0 unspecified atom stereocenters. The van der Waals surface area contributed by atoms with Gasteiger partial charge in [0.1, 0.15) is 0 Å². The van der Waals surface area contributed by atoms with Gasteiger partial charge < -0.3 is 9.64 Å². The number of carbonyl (C=O) groups excluding carboxylic acids is 2. The zero-order chi connectivity index (χ0) is 20.3. The Morgan fingerprint density at radius 1 is 1.18 bits per heavy atom. The standard InChI is InChI=1S/C23H27NO3S/c1-16(2)15-24-20(25)14-23(22(26)27-4,21(24)18-8-6-5-7-9-18)28-19-12-10-17(3)11-13-19/h5-13,16,21H,14-15H2,1-4H3/t21-,23-/m1/s1. The first-order valence-electron chi connectivity index (χ1n) is 9.56. The Morgan fingerprint density at radius 3 is 2.39 bits per heavy atom. The van der Waals surface area contributed by atoms with Crippen molar-refractivity contribution in [3.05, 3.63) is 65.7 Å². The first kappa shape index (κ1) is 20.5. The highest BCUT2D eigenvalue weighted by molar-refractivity contribution is 8.01. The summed E-state index contributed by atoms with van der Waals surface area (Å²) in [6.45, 7) is 6.80. The number of benzene rings is 2. The van der Waals surface area contributed by atoms with E-state index in [0.29, 0.717) is 12.5 Å². The van der Waals surface area contributed by atoms with Crippen LogP contribution >= 0.6 is 11.8 Å². The summed E-state index contributed by atoms with van der Waals surface area (Å²) in [7, 11) is 1.40. The van der Waals surface area contributed by atoms with Crippen LogP contribution < -0.4 is 0 Å². The normalized spacial score (nSPS) is 22.0. The molecule has 148 valence electrons. The van der Waals surface area contributed by atoms with E-state index >= 15 is 0 Å². The number of hydrogen-bond donors (Lipinski definition) is 0. The van der Waals surface area contributed by atoms with E-state index in [0.717, 1.165) is 16.0 Å². The van der Waals surface area contributed by atoms with Crippen molar-refractivity contribution in [3.63, 3.8) is 0 Å². The fourth-order valence-corrected chi connectivity index (χ4v) is 5.24. The maximum absolute atomic E-state index is 13.1. The van der Waals surface area contributed by atoms with E-state index in [4.69, 9.17) is 4.74 Å². The molecule has 1 amide bonds. The van der Waals surface area contributed by atoms with Crippen LogP contribution in [0.2, 0.25) is 0 Å². The van der Waals surface area contributed by atoms with Crippen molar-refractivity contribution in [1.82, 2.24) is 4.90 Å². The van der Waals surface area contributed by atoms with Crippen molar-refractivity contribution in [3.8, 4) is 0 Å². The molecule has 1 aliphatic rings. The molecule has 0 bridgehead atoms. The number of likely N-dealkylation sites (tertiary alicyclic amines) is 1. The molecule has 5 heteroatoms. The fourth-order valence-electron chi connectivity index (χ4n) is 3.81. The Morgan fingerprint density at radius 2 is 1.82 bits per heavy atom. The molecule has 3 rings (SSSR count). The number of thioether (sulfide) groups is 1.